The van der Waals surface area contributed by atoms with Crippen LogP contribution in [0.3, 0.4) is 0 Å². The van der Waals surface area contributed by atoms with E-state index in [1.807, 2.05) is 36.4 Å². The molecule has 140 valence electrons. The van der Waals surface area contributed by atoms with Crippen LogP contribution in [0.1, 0.15) is 30.9 Å². The maximum atomic E-state index is 12.5. The molecule has 1 aromatic heterocycles. The van der Waals surface area contributed by atoms with E-state index >= 15 is 0 Å². The molecule has 1 N–H and O–H groups in total. The third-order valence-electron chi connectivity index (χ3n) is 4.08. The van der Waals surface area contributed by atoms with Crippen LogP contribution < -0.4 is 9.46 Å². The van der Waals surface area contributed by atoms with Crippen LogP contribution in [0.5, 0.6) is 11.6 Å². The van der Waals surface area contributed by atoms with Gasteiger partial charge in [0, 0.05) is 18.8 Å². The number of ether oxygens (including phenoxy) is 1. The predicted octanol–water partition coefficient (Wildman–Crippen LogP) is 4.48. The Bertz CT molecular complexity index is 985. The van der Waals surface area contributed by atoms with Crippen molar-refractivity contribution in [3.05, 3.63) is 84.1 Å². The van der Waals surface area contributed by atoms with Gasteiger partial charge in [0.2, 0.25) is 15.9 Å². The van der Waals surface area contributed by atoms with Gasteiger partial charge in [-0.3, -0.25) is 0 Å². The molecule has 0 radical (unpaired) electrons. The van der Waals surface area contributed by atoms with E-state index in [0.29, 0.717) is 17.5 Å². The van der Waals surface area contributed by atoms with Gasteiger partial charge in [0.15, 0.2) is 0 Å². The fourth-order valence-electron chi connectivity index (χ4n) is 2.54. The van der Waals surface area contributed by atoms with E-state index in [4.69, 9.17) is 4.74 Å². The molecule has 0 bridgehead atoms. The molecule has 0 atom stereocenters. The van der Waals surface area contributed by atoms with Crippen molar-refractivity contribution in [3.8, 4) is 11.6 Å². The first-order valence-corrected chi connectivity index (χ1v) is 10.2. The Balaban J connectivity index is 1.67. The van der Waals surface area contributed by atoms with Crippen LogP contribution in [0.15, 0.2) is 77.8 Å². The molecule has 27 heavy (non-hydrogen) atoms. The molecule has 0 aliphatic heterocycles. The molecule has 0 saturated heterocycles. The highest BCUT2D eigenvalue weighted by molar-refractivity contribution is 7.89. The second kappa shape index (κ2) is 8.33. The lowest BCUT2D eigenvalue weighted by Crippen LogP contribution is -2.23. The minimum atomic E-state index is -3.58. The minimum absolute atomic E-state index is 0.174. The number of sulfonamides is 1. The molecular formula is C21H22N2O3S. The second-order valence-electron chi connectivity index (χ2n) is 6.47. The first kappa shape index (κ1) is 19.1. The van der Waals surface area contributed by atoms with Crippen LogP contribution in [0.4, 0.5) is 0 Å². The van der Waals surface area contributed by atoms with Gasteiger partial charge in [0.1, 0.15) is 5.75 Å². The van der Waals surface area contributed by atoms with E-state index in [9.17, 15) is 8.42 Å². The van der Waals surface area contributed by atoms with Crippen LogP contribution in [0.25, 0.3) is 0 Å². The van der Waals surface area contributed by atoms with Gasteiger partial charge in [-0.2, -0.15) is 0 Å². The summed E-state index contributed by atoms with van der Waals surface area (Å²) in [6.45, 7) is 4.32. The van der Waals surface area contributed by atoms with Gasteiger partial charge in [-0.1, -0.05) is 44.2 Å². The predicted molar refractivity (Wildman–Crippen MR) is 105 cm³/mol. The van der Waals surface area contributed by atoms with Gasteiger partial charge in [0.25, 0.3) is 0 Å². The highest BCUT2D eigenvalue weighted by atomic mass is 32.2. The summed E-state index contributed by atoms with van der Waals surface area (Å²) < 4.78 is 33.3. The SMILES string of the molecule is CC(C)c1ccc(S(=O)(=O)NCc2cccc(Oc3ccccn3)c2)cc1. The Morgan fingerprint density at radius 1 is 1.00 bits per heavy atom. The molecular weight excluding hydrogens is 360 g/mol. The van der Waals surface area contributed by atoms with Gasteiger partial charge < -0.3 is 4.74 Å². The van der Waals surface area contributed by atoms with Crippen LogP contribution >= 0.6 is 0 Å². The Morgan fingerprint density at radius 3 is 2.44 bits per heavy atom. The molecule has 1 heterocycles. The lowest BCUT2D eigenvalue weighted by Gasteiger charge is -2.10. The lowest BCUT2D eigenvalue weighted by molar-refractivity contribution is 0.462. The largest absolute Gasteiger partial charge is 0.439 e. The van der Waals surface area contributed by atoms with Crippen LogP contribution in [0, 0.1) is 0 Å². The number of pyridine rings is 1. The molecule has 0 aliphatic carbocycles. The molecule has 0 unspecified atom stereocenters. The summed E-state index contributed by atoms with van der Waals surface area (Å²) in [6, 6.07) is 19.6. The first-order chi connectivity index (χ1) is 12.9. The molecule has 5 nitrogen and oxygen atoms in total. The Hall–Kier alpha value is -2.70. The highest BCUT2D eigenvalue weighted by Gasteiger charge is 2.14. The maximum absolute atomic E-state index is 12.5. The fourth-order valence-corrected chi connectivity index (χ4v) is 3.56. The van der Waals surface area contributed by atoms with E-state index in [2.05, 4.69) is 23.6 Å². The van der Waals surface area contributed by atoms with Gasteiger partial charge in [0.05, 0.1) is 4.90 Å². The van der Waals surface area contributed by atoms with Crippen molar-refractivity contribution >= 4 is 10.0 Å². The summed E-state index contributed by atoms with van der Waals surface area (Å²) in [4.78, 5) is 4.37. The zero-order chi connectivity index (χ0) is 19.3. The van der Waals surface area contributed by atoms with Crippen LogP contribution in [-0.2, 0) is 16.6 Å². The number of hydrogen-bond acceptors (Lipinski definition) is 4. The Morgan fingerprint density at radius 2 is 1.78 bits per heavy atom. The average Bonchev–Trinajstić information content (AvgIpc) is 2.68. The standard InChI is InChI=1S/C21H22N2O3S/c1-16(2)18-9-11-20(12-10-18)27(24,25)23-15-17-6-5-7-19(14-17)26-21-8-3-4-13-22-21/h3-14,16,23H,15H2,1-2H3. The van der Waals surface area contributed by atoms with Gasteiger partial charge >= 0.3 is 0 Å². The smallest absolute Gasteiger partial charge is 0.240 e. The Labute approximate surface area is 160 Å². The molecule has 0 spiro atoms. The molecule has 0 amide bonds. The quantitative estimate of drug-likeness (QED) is 0.654. The number of benzene rings is 2. The number of nitrogens with zero attached hydrogens (tertiary/aromatic N) is 1. The van der Waals surface area contributed by atoms with Crippen LogP contribution in [-0.4, -0.2) is 13.4 Å². The molecule has 6 heteroatoms. The van der Waals surface area contributed by atoms with Crippen molar-refractivity contribution in [3.63, 3.8) is 0 Å². The normalized spacial score (nSPS) is 11.5. The number of nitrogens with one attached hydrogen (secondary N) is 1. The van der Waals surface area contributed by atoms with E-state index in [0.717, 1.165) is 11.1 Å². The fraction of sp³-hybridized carbons (Fsp3) is 0.190. The van der Waals surface area contributed by atoms with Crippen molar-refractivity contribution in [2.75, 3.05) is 0 Å². The zero-order valence-electron chi connectivity index (χ0n) is 15.3. The van der Waals surface area contributed by atoms with Gasteiger partial charge in [-0.25, -0.2) is 18.1 Å². The van der Waals surface area contributed by atoms with E-state index in [1.54, 1.807) is 36.5 Å². The van der Waals surface area contributed by atoms with Crippen molar-refractivity contribution in [2.24, 2.45) is 0 Å². The van der Waals surface area contributed by atoms with Crippen molar-refractivity contribution in [1.82, 2.24) is 9.71 Å². The zero-order valence-corrected chi connectivity index (χ0v) is 16.1. The average molecular weight is 382 g/mol. The molecule has 0 aliphatic rings. The molecule has 3 rings (SSSR count). The second-order valence-corrected chi connectivity index (χ2v) is 8.23. The summed E-state index contributed by atoms with van der Waals surface area (Å²) in [7, 11) is -3.58. The van der Waals surface area contributed by atoms with E-state index in [1.165, 1.54) is 0 Å². The topological polar surface area (TPSA) is 68.3 Å². The summed E-state index contributed by atoms with van der Waals surface area (Å²) >= 11 is 0. The number of rotatable bonds is 7. The van der Waals surface area contributed by atoms with Crippen molar-refractivity contribution in [2.45, 2.75) is 31.2 Å². The summed E-state index contributed by atoms with van der Waals surface area (Å²) in [5.41, 5.74) is 1.90. The van der Waals surface area contributed by atoms with Crippen LogP contribution in [0.2, 0.25) is 0 Å². The number of hydrogen-bond donors (Lipinski definition) is 1. The maximum Gasteiger partial charge on any atom is 0.240 e. The van der Waals surface area contributed by atoms with E-state index in [-0.39, 0.29) is 11.4 Å². The van der Waals surface area contributed by atoms with Gasteiger partial charge in [-0.05, 0) is 47.4 Å². The first-order valence-electron chi connectivity index (χ1n) is 8.71. The monoisotopic (exact) mass is 382 g/mol. The number of aromatic nitrogens is 1. The lowest BCUT2D eigenvalue weighted by atomic mass is 10.0. The molecule has 0 fully saturated rings. The third kappa shape index (κ3) is 5.15. The summed E-state index contributed by atoms with van der Waals surface area (Å²) in [5.74, 6) is 1.45. The van der Waals surface area contributed by atoms with Crippen molar-refractivity contribution in [1.29, 1.82) is 0 Å². The highest BCUT2D eigenvalue weighted by Crippen LogP contribution is 2.21. The minimum Gasteiger partial charge on any atom is -0.439 e. The molecule has 0 saturated carbocycles. The third-order valence-corrected chi connectivity index (χ3v) is 5.50. The summed E-state index contributed by atoms with van der Waals surface area (Å²) in [5, 5.41) is 0. The molecule has 3 aromatic rings. The summed E-state index contributed by atoms with van der Waals surface area (Å²) in [6.07, 6.45) is 1.65. The van der Waals surface area contributed by atoms with Crippen molar-refractivity contribution < 1.29 is 13.2 Å². The van der Waals surface area contributed by atoms with Gasteiger partial charge in [-0.15, -0.1) is 0 Å². The Kier molecular flexibility index (Phi) is 5.88. The molecule has 2 aromatic carbocycles. The van der Waals surface area contributed by atoms with E-state index < -0.39 is 10.0 Å².